The van der Waals surface area contributed by atoms with Crippen LogP contribution in [0.15, 0.2) is 18.2 Å². The Morgan fingerprint density at radius 2 is 2.06 bits per heavy atom. The van der Waals surface area contributed by atoms with Crippen LogP contribution in [0.3, 0.4) is 0 Å². The van der Waals surface area contributed by atoms with Gasteiger partial charge in [-0.3, -0.25) is 4.79 Å². The molecule has 0 aliphatic heterocycles. The molecule has 0 saturated carbocycles. The first kappa shape index (κ1) is 14.1. The molecule has 1 N–H and O–H groups in total. The van der Waals surface area contributed by atoms with E-state index in [1.807, 2.05) is 13.8 Å². The molecule has 5 heteroatoms. The van der Waals surface area contributed by atoms with E-state index in [1.54, 1.807) is 0 Å². The van der Waals surface area contributed by atoms with Gasteiger partial charge in [-0.15, -0.1) is 0 Å². The molecule has 0 saturated heterocycles. The SMILES string of the molecule is CC(C)(CBr)NC(=O)Cc1cccc(F)c1F. The second-order valence-electron chi connectivity index (χ2n) is 4.46. The molecule has 1 amide bonds. The highest BCUT2D eigenvalue weighted by atomic mass is 79.9. The zero-order chi connectivity index (χ0) is 13.1. The third-order valence-corrected chi connectivity index (χ3v) is 3.60. The molecule has 0 atom stereocenters. The van der Waals surface area contributed by atoms with Gasteiger partial charge in [0, 0.05) is 16.4 Å². The smallest absolute Gasteiger partial charge is 0.224 e. The van der Waals surface area contributed by atoms with Crippen molar-refractivity contribution < 1.29 is 13.6 Å². The van der Waals surface area contributed by atoms with Gasteiger partial charge in [0.15, 0.2) is 11.6 Å². The van der Waals surface area contributed by atoms with E-state index in [9.17, 15) is 13.6 Å². The van der Waals surface area contributed by atoms with E-state index < -0.39 is 17.2 Å². The Morgan fingerprint density at radius 1 is 1.41 bits per heavy atom. The fourth-order valence-electron chi connectivity index (χ4n) is 1.31. The topological polar surface area (TPSA) is 29.1 Å². The molecule has 1 rings (SSSR count). The van der Waals surface area contributed by atoms with Crippen LogP contribution in [0.2, 0.25) is 0 Å². The van der Waals surface area contributed by atoms with Crippen molar-refractivity contribution in [2.24, 2.45) is 0 Å². The second kappa shape index (κ2) is 5.58. The summed E-state index contributed by atoms with van der Waals surface area (Å²) in [7, 11) is 0. The second-order valence-corrected chi connectivity index (χ2v) is 5.02. The molecule has 0 radical (unpaired) electrons. The molecule has 2 nitrogen and oxygen atoms in total. The van der Waals surface area contributed by atoms with Gasteiger partial charge < -0.3 is 5.32 Å². The van der Waals surface area contributed by atoms with Crippen molar-refractivity contribution in [2.45, 2.75) is 25.8 Å². The van der Waals surface area contributed by atoms with Crippen molar-refractivity contribution in [2.75, 3.05) is 5.33 Å². The van der Waals surface area contributed by atoms with E-state index in [4.69, 9.17) is 0 Å². The third-order valence-electron chi connectivity index (χ3n) is 2.19. The summed E-state index contributed by atoms with van der Waals surface area (Å²) in [5.74, 6) is -2.23. The van der Waals surface area contributed by atoms with Crippen LogP contribution in [0.5, 0.6) is 0 Å². The van der Waals surface area contributed by atoms with Crippen molar-refractivity contribution in [3.05, 3.63) is 35.4 Å². The molecule has 94 valence electrons. The molecule has 0 aliphatic rings. The first-order valence-electron chi connectivity index (χ1n) is 5.15. The summed E-state index contributed by atoms with van der Waals surface area (Å²) in [6.07, 6.45) is -0.167. The lowest BCUT2D eigenvalue weighted by Crippen LogP contribution is -2.45. The van der Waals surface area contributed by atoms with E-state index in [0.717, 1.165) is 6.07 Å². The zero-order valence-electron chi connectivity index (χ0n) is 9.69. The molecule has 1 aromatic rings. The quantitative estimate of drug-likeness (QED) is 0.852. The fraction of sp³-hybridized carbons (Fsp3) is 0.417. The number of hydrogen-bond acceptors (Lipinski definition) is 1. The monoisotopic (exact) mass is 305 g/mol. The minimum absolute atomic E-state index is 0.0628. The third kappa shape index (κ3) is 4.07. The summed E-state index contributed by atoms with van der Waals surface area (Å²) >= 11 is 3.26. The van der Waals surface area contributed by atoms with Gasteiger partial charge in [0.1, 0.15) is 0 Å². The van der Waals surface area contributed by atoms with Crippen molar-refractivity contribution in [3.63, 3.8) is 0 Å². The Morgan fingerprint density at radius 3 is 2.65 bits per heavy atom. The molecule has 0 aliphatic carbocycles. The van der Waals surface area contributed by atoms with Gasteiger partial charge in [-0.2, -0.15) is 0 Å². The summed E-state index contributed by atoms with van der Waals surface area (Å²) in [4.78, 5) is 11.6. The lowest BCUT2D eigenvalue weighted by atomic mass is 10.1. The first-order chi connectivity index (χ1) is 7.85. The van der Waals surface area contributed by atoms with Crippen LogP contribution in [0.1, 0.15) is 19.4 Å². The number of hydrogen-bond donors (Lipinski definition) is 1. The minimum atomic E-state index is -0.959. The maximum atomic E-state index is 13.3. The molecular formula is C12H14BrF2NO. The van der Waals surface area contributed by atoms with Crippen LogP contribution in [0.4, 0.5) is 8.78 Å². The number of halogens is 3. The van der Waals surface area contributed by atoms with Gasteiger partial charge in [-0.1, -0.05) is 28.1 Å². The zero-order valence-corrected chi connectivity index (χ0v) is 11.3. The Labute approximate surface area is 108 Å². The van der Waals surface area contributed by atoms with Gasteiger partial charge in [-0.05, 0) is 19.9 Å². The van der Waals surface area contributed by atoms with Gasteiger partial charge in [-0.25, -0.2) is 8.78 Å². The van der Waals surface area contributed by atoms with Gasteiger partial charge in [0.2, 0.25) is 5.91 Å². The summed E-state index contributed by atoms with van der Waals surface area (Å²) in [6.45, 7) is 3.67. The molecule has 1 aromatic carbocycles. The maximum Gasteiger partial charge on any atom is 0.224 e. The fourth-order valence-corrected chi connectivity index (χ4v) is 1.45. The Hall–Kier alpha value is -0.970. The summed E-state index contributed by atoms with van der Waals surface area (Å²) in [5, 5.41) is 3.31. The first-order valence-corrected chi connectivity index (χ1v) is 6.28. The molecule has 0 fully saturated rings. The molecule has 17 heavy (non-hydrogen) atoms. The molecule has 0 spiro atoms. The van der Waals surface area contributed by atoms with E-state index in [1.165, 1.54) is 12.1 Å². The van der Waals surface area contributed by atoms with Crippen molar-refractivity contribution >= 4 is 21.8 Å². The predicted molar refractivity (Wildman–Crippen MR) is 66.1 cm³/mol. The van der Waals surface area contributed by atoms with Crippen molar-refractivity contribution in [1.29, 1.82) is 0 Å². The Kier molecular flexibility index (Phi) is 4.62. The highest BCUT2D eigenvalue weighted by Gasteiger charge is 2.20. The Balaban J connectivity index is 2.72. The minimum Gasteiger partial charge on any atom is -0.350 e. The molecule has 0 bridgehead atoms. The van der Waals surface area contributed by atoms with E-state index in [2.05, 4.69) is 21.2 Å². The van der Waals surface area contributed by atoms with Crippen molar-refractivity contribution in [3.8, 4) is 0 Å². The van der Waals surface area contributed by atoms with E-state index in [0.29, 0.717) is 5.33 Å². The number of carbonyl (C=O) groups is 1. The average Bonchev–Trinajstić information content (AvgIpc) is 2.24. The highest BCUT2D eigenvalue weighted by Crippen LogP contribution is 2.13. The van der Waals surface area contributed by atoms with Crippen LogP contribution >= 0.6 is 15.9 Å². The molecule has 0 heterocycles. The van der Waals surface area contributed by atoms with E-state index in [-0.39, 0.29) is 17.9 Å². The van der Waals surface area contributed by atoms with Crippen molar-refractivity contribution in [1.82, 2.24) is 5.32 Å². The van der Waals surface area contributed by atoms with E-state index >= 15 is 0 Å². The van der Waals surface area contributed by atoms with Crippen LogP contribution < -0.4 is 5.32 Å². The van der Waals surface area contributed by atoms with Gasteiger partial charge in [0.25, 0.3) is 0 Å². The van der Waals surface area contributed by atoms with Gasteiger partial charge >= 0.3 is 0 Å². The lowest BCUT2D eigenvalue weighted by molar-refractivity contribution is -0.121. The number of benzene rings is 1. The summed E-state index contributed by atoms with van der Waals surface area (Å²) < 4.78 is 26.2. The summed E-state index contributed by atoms with van der Waals surface area (Å²) in [6, 6.07) is 3.81. The number of rotatable bonds is 4. The number of amides is 1. The predicted octanol–water partition coefficient (Wildman–Crippen LogP) is 2.80. The molecule has 0 aromatic heterocycles. The van der Waals surface area contributed by atoms with Crippen LogP contribution in [0.25, 0.3) is 0 Å². The molecular weight excluding hydrogens is 292 g/mol. The van der Waals surface area contributed by atoms with Crippen LogP contribution in [0, 0.1) is 11.6 Å². The normalized spacial score (nSPS) is 11.4. The number of nitrogens with one attached hydrogen (secondary N) is 1. The van der Waals surface area contributed by atoms with Crippen LogP contribution in [-0.2, 0) is 11.2 Å². The maximum absolute atomic E-state index is 13.3. The average molecular weight is 306 g/mol. The number of carbonyl (C=O) groups excluding carboxylic acids is 1. The standard InChI is InChI=1S/C12H14BrF2NO/c1-12(2,7-13)16-10(17)6-8-4-3-5-9(14)11(8)15/h3-5H,6-7H2,1-2H3,(H,16,17). The highest BCUT2D eigenvalue weighted by molar-refractivity contribution is 9.09. The molecule has 0 unspecified atom stereocenters. The Bertz CT molecular complexity index is 421. The van der Waals surface area contributed by atoms with Crippen LogP contribution in [-0.4, -0.2) is 16.8 Å². The lowest BCUT2D eigenvalue weighted by Gasteiger charge is -2.23. The van der Waals surface area contributed by atoms with Gasteiger partial charge in [0.05, 0.1) is 6.42 Å². The number of alkyl halides is 1. The summed E-state index contributed by atoms with van der Waals surface area (Å²) in [5.41, 5.74) is -0.353. The largest absolute Gasteiger partial charge is 0.350 e.